The van der Waals surface area contributed by atoms with Crippen LogP contribution in [-0.2, 0) is 6.18 Å². The largest absolute Gasteiger partial charge is 0.487 e. The van der Waals surface area contributed by atoms with E-state index in [4.69, 9.17) is 10.5 Å². The third kappa shape index (κ3) is 2.66. The molecule has 1 fully saturated rings. The summed E-state index contributed by atoms with van der Waals surface area (Å²) in [5, 5.41) is 0. The summed E-state index contributed by atoms with van der Waals surface area (Å²) in [5.41, 5.74) is 5.77. The van der Waals surface area contributed by atoms with Gasteiger partial charge in [-0.1, -0.05) is 0 Å². The van der Waals surface area contributed by atoms with Gasteiger partial charge in [0.2, 0.25) is 5.82 Å². The average molecular weight is 247 g/mol. The van der Waals surface area contributed by atoms with Gasteiger partial charge in [0.1, 0.15) is 6.10 Å². The summed E-state index contributed by atoms with van der Waals surface area (Å²) in [6.45, 7) is 1.46. The summed E-state index contributed by atoms with van der Waals surface area (Å²) in [7, 11) is 0. The van der Waals surface area contributed by atoms with Gasteiger partial charge in [-0.25, -0.2) is 9.97 Å². The van der Waals surface area contributed by atoms with Gasteiger partial charge in [0.15, 0.2) is 5.75 Å². The Morgan fingerprint density at radius 3 is 2.53 bits per heavy atom. The fraction of sp³-hybridized carbons (Fsp3) is 0.600. The molecule has 7 heteroatoms. The summed E-state index contributed by atoms with van der Waals surface area (Å²) in [4.78, 5) is 6.63. The quantitative estimate of drug-likeness (QED) is 0.863. The maximum Gasteiger partial charge on any atom is 0.451 e. The minimum absolute atomic E-state index is 0.0379. The second-order valence-corrected chi connectivity index (χ2v) is 4.11. The monoisotopic (exact) mass is 247 g/mol. The number of nitrogens with two attached hydrogens (primary N) is 1. The Morgan fingerprint density at radius 1 is 1.41 bits per heavy atom. The Labute approximate surface area is 96.0 Å². The molecule has 2 N–H and O–H groups in total. The molecule has 1 aliphatic carbocycles. The van der Waals surface area contributed by atoms with Crippen LogP contribution in [0.4, 0.5) is 13.2 Å². The van der Waals surface area contributed by atoms with Crippen molar-refractivity contribution in [1.29, 1.82) is 0 Å². The lowest BCUT2D eigenvalue weighted by Crippen LogP contribution is -2.43. The van der Waals surface area contributed by atoms with Crippen molar-refractivity contribution in [3.63, 3.8) is 0 Å². The number of hydrogen-bond donors (Lipinski definition) is 1. The van der Waals surface area contributed by atoms with E-state index < -0.39 is 12.0 Å². The minimum atomic E-state index is -4.53. The standard InChI is InChI=1S/C10H12F3N3O/c1-5-8(17-7-2-6(14)3-7)4-15-9(16-5)10(11,12)13/h4,6-7H,2-3,14H2,1H3. The molecular formula is C10H12F3N3O. The van der Waals surface area contributed by atoms with E-state index in [1.807, 2.05) is 0 Å². The van der Waals surface area contributed by atoms with E-state index in [2.05, 4.69) is 9.97 Å². The summed E-state index contributed by atoms with van der Waals surface area (Å²) in [5.74, 6) is -0.859. The Morgan fingerprint density at radius 2 is 2.06 bits per heavy atom. The van der Waals surface area contributed by atoms with Crippen molar-refractivity contribution >= 4 is 0 Å². The topological polar surface area (TPSA) is 61.0 Å². The molecule has 1 aliphatic rings. The first-order valence-electron chi connectivity index (χ1n) is 5.19. The summed E-state index contributed by atoms with van der Waals surface area (Å²) >= 11 is 0. The fourth-order valence-electron chi connectivity index (χ4n) is 1.59. The van der Waals surface area contributed by atoms with E-state index in [1.165, 1.54) is 6.92 Å². The van der Waals surface area contributed by atoms with E-state index in [-0.39, 0.29) is 23.6 Å². The first kappa shape index (κ1) is 12.1. The first-order valence-corrected chi connectivity index (χ1v) is 5.19. The van der Waals surface area contributed by atoms with Crippen molar-refractivity contribution < 1.29 is 17.9 Å². The lowest BCUT2D eigenvalue weighted by atomic mass is 9.90. The van der Waals surface area contributed by atoms with Crippen molar-refractivity contribution in [2.45, 2.75) is 38.1 Å². The maximum atomic E-state index is 12.3. The van der Waals surface area contributed by atoms with Gasteiger partial charge >= 0.3 is 6.18 Å². The van der Waals surface area contributed by atoms with E-state index in [1.54, 1.807) is 0 Å². The highest BCUT2D eigenvalue weighted by Gasteiger charge is 2.35. The summed E-state index contributed by atoms with van der Waals surface area (Å²) < 4.78 is 42.4. The predicted octanol–water partition coefficient (Wildman–Crippen LogP) is 1.67. The fourth-order valence-corrected chi connectivity index (χ4v) is 1.59. The van der Waals surface area contributed by atoms with Crippen molar-refractivity contribution in [3.05, 3.63) is 17.7 Å². The van der Waals surface area contributed by atoms with Crippen LogP contribution in [0.1, 0.15) is 24.4 Å². The molecule has 1 aromatic rings. The summed E-state index contributed by atoms with van der Waals surface area (Å²) in [6, 6.07) is 0.121. The van der Waals surface area contributed by atoms with Crippen molar-refractivity contribution in [2.75, 3.05) is 0 Å². The van der Waals surface area contributed by atoms with Crippen LogP contribution in [0.15, 0.2) is 6.20 Å². The van der Waals surface area contributed by atoms with E-state index in [9.17, 15) is 13.2 Å². The molecule has 0 radical (unpaired) electrons. The molecule has 2 rings (SSSR count). The second kappa shape index (κ2) is 4.14. The molecule has 4 nitrogen and oxygen atoms in total. The predicted molar refractivity (Wildman–Crippen MR) is 53.4 cm³/mol. The molecule has 0 aliphatic heterocycles. The highest BCUT2D eigenvalue weighted by atomic mass is 19.4. The molecule has 94 valence electrons. The average Bonchev–Trinajstić information content (AvgIpc) is 2.16. The van der Waals surface area contributed by atoms with Crippen LogP contribution >= 0.6 is 0 Å². The smallest absolute Gasteiger partial charge is 0.451 e. The number of aryl methyl sites for hydroxylation is 1. The van der Waals surface area contributed by atoms with Gasteiger partial charge in [0.25, 0.3) is 0 Å². The zero-order valence-electron chi connectivity index (χ0n) is 9.16. The number of halogens is 3. The van der Waals surface area contributed by atoms with Crippen LogP contribution in [0.25, 0.3) is 0 Å². The van der Waals surface area contributed by atoms with Gasteiger partial charge < -0.3 is 10.5 Å². The molecule has 0 saturated heterocycles. The molecule has 1 saturated carbocycles. The molecule has 0 bridgehead atoms. The number of nitrogens with zero attached hydrogens (tertiary/aromatic N) is 2. The Bertz CT molecular complexity index is 416. The normalized spacial score (nSPS) is 24.3. The molecule has 1 heterocycles. The third-order valence-corrected chi connectivity index (χ3v) is 2.61. The highest BCUT2D eigenvalue weighted by Crippen LogP contribution is 2.29. The van der Waals surface area contributed by atoms with Gasteiger partial charge in [-0.15, -0.1) is 0 Å². The van der Waals surface area contributed by atoms with Gasteiger partial charge in [0, 0.05) is 6.04 Å². The van der Waals surface area contributed by atoms with E-state index >= 15 is 0 Å². The Hall–Kier alpha value is -1.37. The molecule has 0 aromatic carbocycles. The van der Waals surface area contributed by atoms with Crippen LogP contribution in [0.5, 0.6) is 5.75 Å². The maximum absolute atomic E-state index is 12.3. The van der Waals surface area contributed by atoms with Crippen LogP contribution in [-0.4, -0.2) is 22.1 Å². The molecule has 1 aromatic heterocycles. The zero-order valence-corrected chi connectivity index (χ0v) is 9.16. The molecule has 0 spiro atoms. The van der Waals surface area contributed by atoms with Gasteiger partial charge in [-0.2, -0.15) is 13.2 Å². The number of alkyl halides is 3. The highest BCUT2D eigenvalue weighted by molar-refractivity contribution is 5.24. The number of hydrogen-bond acceptors (Lipinski definition) is 4. The minimum Gasteiger partial charge on any atom is -0.487 e. The number of rotatable bonds is 2. The second-order valence-electron chi connectivity index (χ2n) is 4.11. The van der Waals surface area contributed by atoms with Crippen LogP contribution < -0.4 is 10.5 Å². The molecule has 0 amide bonds. The van der Waals surface area contributed by atoms with Gasteiger partial charge in [-0.05, 0) is 19.8 Å². The molecular weight excluding hydrogens is 235 g/mol. The Kier molecular flexibility index (Phi) is 2.94. The first-order chi connectivity index (χ1) is 7.86. The number of aromatic nitrogens is 2. The molecule has 17 heavy (non-hydrogen) atoms. The van der Waals surface area contributed by atoms with Crippen molar-refractivity contribution in [3.8, 4) is 5.75 Å². The van der Waals surface area contributed by atoms with Crippen LogP contribution in [0.3, 0.4) is 0 Å². The van der Waals surface area contributed by atoms with E-state index in [0.29, 0.717) is 12.8 Å². The SMILES string of the molecule is Cc1nc(C(F)(F)F)ncc1OC1CC(N)C1. The Balaban J connectivity index is 2.09. The van der Waals surface area contributed by atoms with Crippen LogP contribution in [0.2, 0.25) is 0 Å². The number of ether oxygens (including phenoxy) is 1. The van der Waals surface area contributed by atoms with Crippen LogP contribution in [0, 0.1) is 6.92 Å². The molecule has 0 unspecified atom stereocenters. The molecule has 0 atom stereocenters. The lowest BCUT2D eigenvalue weighted by molar-refractivity contribution is -0.145. The third-order valence-electron chi connectivity index (χ3n) is 2.61. The van der Waals surface area contributed by atoms with E-state index in [0.717, 1.165) is 6.20 Å². The lowest BCUT2D eigenvalue weighted by Gasteiger charge is -2.32. The van der Waals surface area contributed by atoms with Crippen molar-refractivity contribution in [1.82, 2.24) is 9.97 Å². The van der Waals surface area contributed by atoms with Crippen molar-refractivity contribution in [2.24, 2.45) is 5.73 Å². The summed E-state index contributed by atoms with van der Waals surface area (Å²) in [6.07, 6.45) is -2.08. The van der Waals surface area contributed by atoms with Gasteiger partial charge in [-0.3, -0.25) is 0 Å². The van der Waals surface area contributed by atoms with Gasteiger partial charge in [0.05, 0.1) is 11.9 Å². The zero-order chi connectivity index (χ0) is 12.6.